The molecule has 84 valence electrons. The molecule has 0 unspecified atom stereocenters. The van der Waals surface area contributed by atoms with Gasteiger partial charge < -0.3 is 10.1 Å². The summed E-state index contributed by atoms with van der Waals surface area (Å²) in [5.74, 6) is 1.99. The average Bonchev–Trinajstić information content (AvgIpc) is 2.70. The minimum Gasteiger partial charge on any atom is -0.458 e. The zero-order valence-electron chi connectivity index (χ0n) is 8.32. The van der Waals surface area contributed by atoms with E-state index in [1.54, 1.807) is 0 Å². The van der Waals surface area contributed by atoms with Gasteiger partial charge >= 0.3 is 5.97 Å². The second-order valence-electron chi connectivity index (χ2n) is 3.16. The van der Waals surface area contributed by atoms with Crippen LogP contribution in [0.2, 0.25) is 0 Å². The van der Waals surface area contributed by atoms with E-state index in [0.29, 0.717) is 6.42 Å². The summed E-state index contributed by atoms with van der Waals surface area (Å²) in [7, 11) is 0. The van der Waals surface area contributed by atoms with Crippen molar-refractivity contribution in [3.63, 3.8) is 0 Å². The SMILES string of the molecule is O=C=CC(=C=O)COC(=O)[C@@H]1CCC(=O)N1. The van der Waals surface area contributed by atoms with Gasteiger partial charge in [-0.1, -0.05) is 0 Å². The predicted octanol–water partition coefficient (Wildman–Crippen LogP) is -1.05. The number of nitrogens with one attached hydrogen (secondary N) is 1. The quantitative estimate of drug-likeness (QED) is 0.373. The van der Waals surface area contributed by atoms with Crippen LogP contribution in [0.25, 0.3) is 0 Å². The average molecular weight is 223 g/mol. The monoisotopic (exact) mass is 223 g/mol. The first kappa shape index (κ1) is 11.9. The molecule has 1 heterocycles. The van der Waals surface area contributed by atoms with Crippen LogP contribution in [0.1, 0.15) is 12.8 Å². The van der Waals surface area contributed by atoms with E-state index in [0.717, 1.165) is 6.08 Å². The number of carbonyl (C=O) groups excluding carboxylic acids is 4. The summed E-state index contributed by atoms with van der Waals surface area (Å²) in [6.07, 6.45) is 1.50. The fourth-order valence-electron chi connectivity index (χ4n) is 1.21. The van der Waals surface area contributed by atoms with Gasteiger partial charge in [-0.15, -0.1) is 0 Å². The highest BCUT2D eigenvalue weighted by atomic mass is 16.5. The third kappa shape index (κ3) is 3.20. The largest absolute Gasteiger partial charge is 0.458 e. The summed E-state index contributed by atoms with van der Waals surface area (Å²) in [5, 5.41) is 2.42. The molecule has 0 aromatic carbocycles. The smallest absolute Gasteiger partial charge is 0.329 e. The van der Waals surface area contributed by atoms with Crippen molar-refractivity contribution in [3.8, 4) is 0 Å². The standard InChI is InChI=1S/C10H9NO5/c12-4-3-7(5-13)6-16-10(15)8-1-2-9(14)11-8/h3,8H,1-2,6H2,(H,11,14)/t8-/m0/s1. The molecule has 1 aliphatic heterocycles. The van der Waals surface area contributed by atoms with Crippen molar-refractivity contribution < 1.29 is 23.9 Å². The molecule has 1 atom stereocenters. The predicted molar refractivity (Wildman–Crippen MR) is 51.6 cm³/mol. The number of carbonyl (C=O) groups is 2. The van der Waals surface area contributed by atoms with Crippen LogP contribution in [0.3, 0.4) is 0 Å². The van der Waals surface area contributed by atoms with E-state index in [-0.39, 0.29) is 24.5 Å². The second-order valence-corrected chi connectivity index (χ2v) is 3.16. The Morgan fingerprint density at radius 1 is 1.56 bits per heavy atom. The van der Waals surface area contributed by atoms with Crippen molar-refractivity contribution in [2.75, 3.05) is 6.61 Å². The zero-order chi connectivity index (χ0) is 12.0. The van der Waals surface area contributed by atoms with Gasteiger partial charge in [0.15, 0.2) is 0 Å². The van der Waals surface area contributed by atoms with Gasteiger partial charge in [0, 0.05) is 12.5 Å². The molecule has 0 radical (unpaired) electrons. The Morgan fingerprint density at radius 2 is 2.31 bits per heavy atom. The van der Waals surface area contributed by atoms with Crippen molar-refractivity contribution >= 4 is 23.8 Å². The van der Waals surface area contributed by atoms with E-state index in [1.807, 2.05) is 0 Å². The van der Waals surface area contributed by atoms with Crippen molar-refractivity contribution in [3.05, 3.63) is 11.6 Å². The Hall–Kier alpha value is -2.16. The van der Waals surface area contributed by atoms with E-state index in [4.69, 9.17) is 4.74 Å². The van der Waals surface area contributed by atoms with Crippen LogP contribution < -0.4 is 5.32 Å². The van der Waals surface area contributed by atoms with Crippen LogP contribution in [-0.2, 0) is 23.9 Å². The maximum absolute atomic E-state index is 11.3. The Morgan fingerprint density at radius 3 is 2.81 bits per heavy atom. The molecular weight excluding hydrogens is 214 g/mol. The summed E-state index contributed by atoms with van der Waals surface area (Å²) in [5.41, 5.74) is -0.104. The van der Waals surface area contributed by atoms with E-state index < -0.39 is 12.0 Å². The number of esters is 1. The molecule has 16 heavy (non-hydrogen) atoms. The topological polar surface area (TPSA) is 89.5 Å². The molecule has 1 aliphatic rings. The molecule has 1 amide bonds. The summed E-state index contributed by atoms with van der Waals surface area (Å²) >= 11 is 0. The van der Waals surface area contributed by atoms with Crippen molar-refractivity contribution in [1.82, 2.24) is 5.32 Å². The van der Waals surface area contributed by atoms with Crippen LogP contribution in [0.4, 0.5) is 0 Å². The third-order valence-corrected chi connectivity index (χ3v) is 2.01. The molecule has 0 aromatic heterocycles. The van der Waals surface area contributed by atoms with Crippen LogP contribution in [0, 0.1) is 0 Å². The van der Waals surface area contributed by atoms with Gasteiger partial charge in [0.25, 0.3) is 0 Å². The molecule has 1 saturated heterocycles. The summed E-state index contributed by atoms with van der Waals surface area (Å²) in [6.45, 7) is -0.343. The lowest BCUT2D eigenvalue weighted by molar-refractivity contribution is -0.145. The highest BCUT2D eigenvalue weighted by Gasteiger charge is 2.28. The number of hydrogen-bond donors (Lipinski definition) is 1. The fraction of sp³-hybridized carbons (Fsp3) is 0.400. The van der Waals surface area contributed by atoms with Crippen LogP contribution in [0.15, 0.2) is 11.6 Å². The van der Waals surface area contributed by atoms with E-state index in [2.05, 4.69) is 5.32 Å². The van der Waals surface area contributed by atoms with Gasteiger partial charge in [0.2, 0.25) is 5.91 Å². The lowest BCUT2D eigenvalue weighted by Crippen LogP contribution is -2.34. The normalized spacial score (nSPS) is 18.0. The zero-order valence-corrected chi connectivity index (χ0v) is 8.32. The first-order valence-electron chi connectivity index (χ1n) is 4.58. The number of hydrogen-bond acceptors (Lipinski definition) is 5. The van der Waals surface area contributed by atoms with Crippen LogP contribution in [0.5, 0.6) is 0 Å². The number of ether oxygens (including phenoxy) is 1. The Balaban J connectivity index is 2.43. The van der Waals surface area contributed by atoms with E-state index >= 15 is 0 Å². The maximum Gasteiger partial charge on any atom is 0.329 e. The molecule has 1 N–H and O–H groups in total. The molecular formula is C10H9NO5. The number of rotatable bonds is 4. The second kappa shape index (κ2) is 5.66. The summed E-state index contributed by atoms with van der Waals surface area (Å²) < 4.78 is 4.72. The maximum atomic E-state index is 11.3. The first-order valence-corrected chi connectivity index (χ1v) is 4.58. The van der Waals surface area contributed by atoms with Gasteiger partial charge in [0.1, 0.15) is 24.5 Å². The van der Waals surface area contributed by atoms with Crippen molar-refractivity contribution in [1.29, 1.82) is 0 Å². The van der Waals surface area contributed by atoms with E-state index in [9.17, 15) is 19.2 Å². The third-order valence-electron chi connectivity index (χ3n) is 2.01. The summed E-state index contributed by atoms with van der Waals surface area (Å²) in [4.78, 5) is 42.3. The Kier molecular flexibility index (Phi) is 4.21. The van der Waals surface area contributed by atoms with E-state index in [1.165, 1.54) is 11.9 Å². The molecule has 0 spiro atoms. The molecule has 0 saturated carbocycles. The molecule has 6 nitrogen and oxygen atoms in total. The van der Waals surface area contributed by atoms with Gasteiger partial charge in [-0.2, -0.15) is 0 Å². The Bertz CT molecular complexity index is 401. The van der Waals surface area contributed by atoms with Gasteiger partial charge in [-0.05, 0) is 6.42 Å². The van der Waals surface area contributed by atoms with Gasteiger partial charge in [-0.3, -0.25) is 4.79 Å². The Labute approximate surface area is 90.9 Å². The number of amides is 1. The molecule has 6 heteroatoms. The van der Waals surface area contributed by atoms with Crippen LogP contribution >= 0.6 is 0 Å². The molecule has 1 fully saturated rings. The van der Waals surface area contributed by atoms with Crippen molar-refractivity contribution in [2.45, 2.75) is 18.9 Å². The highest BCUT2D eigenvalue weighted by molar-refractivity contribution is 5.88. The minimum atomic E-state index is -0.666. The molecule has 1 rings (SSSR count). The lowest BCUT2D eigenvalue weighted by Gasteiger charge is -2.08. The fourth-order valence-corrected chi connectivity index (χ4v) is 1.21. The lowest BCUT2D eigenvalue weighted by atomic mass is 10.2. The minimum absolute atomic E-state index is 0.104. The van der Waals surface area contributed by atoms with Gasteiger partial charge in [-0.25, -0.2) is 14.4 Å². The highest BCUT2D eigenvalue weighted by Crippen LogP contribution is 2.08. The van der Waals surface area contributed by atoms with Crippen molar-refractivity contribution in [2.24, 2.45) is 0 Å². The summed E-state index contributed by atoms with van der Waals surface area (Å²) in [6, 6.07) is -0.666. The molecule has 0 bridgehead atoms. The molecule has 0 aromatic rings. The molecule has 0 aliphatic carbocycles. The first-order chi connectivity index (χ1) is 7.67. The van der Waals surface area contributed by atoms with Gasteiger partial charge in [0.05, 0.1) is 5.57 Å². The van der Waals surface area contributed by atoms with Crippen LogP contribution in [-0.4, -0.2) is 36.4 Å².